The Kier molecular flexibility index (Phi) is 8.11. The van der Waals surface area contributed by atoms with Crippen molar-refractivity contribution in [2.45, 2.75) is 13.3 Å². The van der Waals surface area contributed by atoms with Crippen LogP contribution in [-0.2, 0) is 0 Å². The summed E-state index contributed by atoms with van der Waals surface area (Å²) in [4.78, 5) is 0. The number of nitrogens with zero attached hydrogens (tertiary/aromatic N) is 1. The van der Waals surface area contributed by atoms with Crippen LogP contribution in [0.4, 0.5) is 17.6 Å². The van der Waals surface area contributed by atoms with Crippen molar-refractivity contribution in [2.24, 2.45) is 0 Å². The Labute approximate surface area is 199 Å². The van der Waals surface area contributed by atoms with Crippen molar-refractivity contribution in [3.8, 4) is 0 Å². The summed E-state index contributed by atoms with van der Waals surface area (Å²) >= 11 is 0. The third kappa shape index (κ3) is 5.08. The second-order valence-corrected chi connectivity index (χ2v) is 12.0. The molecule has 4 aromatic rings. The lowest BCUT2D eigenvalue weighted by atomic mass is 10.3. The summed E-state index contributed by atoms with van der Waals surface area (Å²) in [5.74, 6) is -1.91. The number of hydrogen-bond donors (Lipinski definition) is 0. The molecule has 0 bridgehead atoms. The molecule has 0 heterocycles. The van der Waals surface area contributed by atoms with E-state index >= 15 is 17.6 Å². The van der Waals surface area contributed by atoms with Gasteiger partial charge in [0, 0.05) is 43.9 Å². The van der Waals surface area contributed by atoms with Crippen molar-refractivity contribution < 1.29 is 17.6 Å². The first-order chi connectivity index (χ1) is 16.5. The minimum absolute atomic E-state index is 0.316. The maximum Gasteiger partial charge on any atom is 0.132 e. The maximum atomic E-state index is 15.2. The molecule has 1 nitrogen and oxygen atoms in total. The van der Waals surface area contributed by atoms with Crippen molar-refractivity contribution in [2.75, 3.05) is 6.54 Å². The van der Waals surface area contributed by atoms with E-state index < -0.39 is 39.4 Å². The predicted octanol–water partition coefficient (Wildman–Crippen LogP) is 6.35. The van der Waals surface area contributed by atoms with Gasteiger partial charge in [0.15, 0.2) is 0 Å². The van der Waals surface area contributed by atoms with Crippen LogP contribution in [0.5, 0.6) is 0 Å². The van der Waals surface area contributed by atoms with Crippen LogP contribution in [0.25, 0.3) is 0 Å². The van der Waals surface area contributed by atoms with Gasteiger partial charge in [-0.2, -0.15) is 0 Å². The third-order valence-electron chi connectivity index (χ3n) is 5.21. The molecule has 0 aromatic heterocycles. The fourth-order valence-electron chi connectivity index (χ4n) is 3.74. The van der Waals surface area contributed by atoms with E-state index in [1.807, 2.05) is 11.4 Å². The number of hydrogen-bond acceptors (Lipinski definition) is 1. The molecule has 0 saturated carbocycles. The maximum absolute atomic E-state index is 15.2. The van der Waals surface area contributed by atoms with Gasteiger partial charge < -0.3 is 0 Å². The SMILES string of the molecule is CCCN(P(c1ccccc1F)c1ccccc1F)P(c1ccccc1F)c1ccccc1F. The largest absolute Gasteiger partial charge is 0.244 e. The van der Waals surface area contributed by atoms with E-state index in [2.05, 4.69) is 0 Å². The fraction of sp³-hybridized carbons (Fsp3) is 0.111. The molecule has 0 radical (unpaired) electrons. The van der Waals surface area contributed by atoms with Crippen LogP contribution >= 0.6 is 16.1 Å². The first kappa shape index (κ1) is 24.5. The molecule has 0 spiro atoms. The van der Waals surface area contributed by atoms with E-state index in [4.69, 9.17) is 0 Å². The zero-order chi connectivity index (χ0) is 24.1. The quantitative estimate of drug-likeness (QED) is 0.202. The third-order valence-corrected chi connectivity index (χ3v) is 10.9. The van der Waals surface area contributed by atoms with Gasteiger partial charge in [0.05, 0.1) is 0 Å². The molecule has 4 aromatic carbocycles. The molecule has 174 valence electrons. The Morgan fingerprint density at radius 1 is 0.500 bits per heavy atom. The summed E-state index contributed by atoms with van der Waals surface area (Å²) in [7, 11) is -3.59. The number of rotatable bonds is 8. The molecular formula is C27H23F4NP2. The van der Waals surface area contributed by atoms with Crippen LogP contribution in [0, 0.1) is 23.3 Å². The summed E-state index contributed by atoms with van der Waals surface area (Å²) in [6.07, 6.45) is 0.628. The highest BCUT2D eigenvalue weighted by Gasteiger charge is 2.36. The first-order valence-corrected chi connectivity index (χ1v) is 13.5. The lowest BCUT2D eigenvalue weighted by molar-refractivity contribution is 0.625. The second-order valence-electron chi connectivity index (χ2n) is 7.53. The molecule has 0 amide bonds. The summed E-state index contributed by atoms with van der Waals surface area (Å²) in [6, 6.07) is 25.0. The Balaban J connectivity index is 2.02. The number of halogens is 4. The Bertz CT molecular complexity index is 1080. The van der Waals surface area contributed by atoms with E-state index in [0.29, 0.717) is 34.2 Å². The van der Waals surface area contributed by atoms with Crippen molar-refractivity contribution in [1.29, 1.82) is 0 Å². The highest BCUT2D eigenvalue weighted by atomic mass is 31.2. The molecule has 0 atom stereocenters. The molecule has 4 rings (SSSR count). The van der Waals surface area contributed by atoms with E-state index in [-0.39, 0.29) is 0 Å². The van der Waals surface area contributed by atoms with Gasteiger partial charge in [-0.05, 0) is 55.0 Å². The minimum atomic E-state index is -1.79. The number of benzene rings is 4. The van der Waals surface area contributed by atoms with Gasteiger partial charge in [0.1, 0.15) is 23.3 Å². The monoisotopic (exact) mass is 499 g/mol. The minimum Gasteiger partial charge on any atom is -0.244 e. The summed E-state index contributed by atoms with van der Waals surface area (Å²) in [5.41, 5.74) is 0. The lowest BCUT2D eigenvalue weighted by Crippen LogP contribution is -2.35. The van der Waals surface area contributed by atoms with Crippen molar-refractivity contribution >= 4 is 37.4 Å². The van der Waals surface area contributed by atoms with E-state index in [0.717, 1.165) is 0 Å². The van der Waals surface area contributed by atoms with Crippen LogP contribution < -0.4 is 21.2 Å². The van der Waals surface area contributed by atoms with Gasteiger partial charge >= 0.3 is 0 Å². The topological polar surface area (TPSA) is 3.24 Å². The van der Waals surface area contributed by atoms with Crippen molar-refractivity contribution in [3.63, 3.8) is 0 Å². The van der Waals surface area contributed by atoms with Crippen LogP contribution in [-0.4, -0.2) is 11.0 Å². The zero-order valence-corrected chi connectivity index (χ0v) is 20.3. The standard InChI is InChI=1S/C27H23F4NP2/c1-2-19-32(33(24-15-7-3-11-20(24)28)25-16-8-4-12-21(25)29)34(26-17-9-5-13-22(26)30)27-18-10-6-14-23(27)31/h3-18H,2,19H2,1H3. The average Bonchev–Trinajstić information content (AvgIpc) is 2.84. The normalized spacial score (nSPS) is 11.5. The van der Waals surface area contributed by atoms with E-state index in [9.17, 15) is 0 Å². The second kappa shape index (κ2) is 11.2. The van der Waals surface area contributed by atoms with E-state index in [1.165, 1.54) is 24.3 Å². The lowest BCUT2D eigenvalue weighted by Gasteiger charge is -2.39. The van der Waals surface area contributed by atoms with Crippen LogP contribution in [0.15, 0.2) is 97.1 Å². The fourth-order valence-corrected chi connectivity index (χ4v) is 9.94. The highest BCUT2D eigenvalue weighted by Crippen LogP contribution is 2.55. The molecule has 0 saturated heterocycles. The van der Waals surface area contributed by atoms with Crippen LogP contribution in [0.1, 0.15) is 13.3 Å². The Morgan fingerprint density at radius 3 is 1.00 bits per heavy atom. The van der Waals surface area contributed by atoms with Crippen LogP contribution in [0.3, 0.4) is 0 Å². The van der Waals surface area contributed by atoms with Gasteiger partial charge in [0.25, 0.3) is 0 Å². The van der Waals surface area contributed by atoms with Crippen molar-refractivity contribution in [3.05, 3.63) is 120 Å². The highest BCUT2D eigenvalue weighted by molar-refractivity contribution is 7.84. The summed E-state index contributed by atoms with van der Waals surface area (Å²) in [6.45, 7) is 2.34. The average molecular weight is 499 g/mol. The molecule has 0 aliphatic carbocycles. The van der Waals surface area contributed by atoms with E-state index in [1.54, 1.807) is 72.8 Å². The Hall–Kier alpha value is -2.58. The summed E-state index contributed by atoms with van der Waals surface area (Å²) < 4.78 is 62.8. The van der Waals surface area contributed by atoms with Gasteiger partial charge in [-0.25, -0.2) is 22.0 Å². The smallest absolute Gasteiger partial charge is 0.132 e. The van der Waals surface area contributed by atoms with Gasteiger partial charge in [-0.1, -0.05) is 55.5 Å². The van der Waals surface area contributed by atoms with Gasteiger partial charge in [-0.3, -0.25) is 0 Å². The molecule has 34 heavy (non-hydrogen) atoms. The molecule has 0 N–H and O–H groups in total. The summed E-state index contributed by atoms with van der Waals surface area (Å²) in [5, 5.41) is 1.26. The van der Waals surface area contributed by atoms with Crippen molar-refractivity contribution in [1.82, 2.24) is 4.44 Å². The van der Waals surface area contributed by atoms with Gasteiger partial charge in [-0.15, -0.1) is 0 Å². The predicted molar refractivity (Wildman–Crippen MR) is 135 cm³/mol. The molecular weight excluding hydrogens is 476 g/mol. The molecule has 7 heteroatoms. The molecule has 0 fully saturated rings. The van der Waals surface area contributed by atoms with Crippen LogP contribution in [0.2, 0.25) is 0 Å². The molecule has 0 unspecified atom stereocenters. The first-order valence-electron chi connectivity index (χ1n) is 10.9. The molecule has 0 aliphatic heterocycles. The Morgan fingerprint density at radius 2 is 0.765 bits per heavy atom. The molecule has 0 aliphatic rings. The zero-order valence-electron chi connectivity index (χ0n) is 18.5. The van der Waals surface area contributed by atoms with Gasteiger partial charge in [0.2, 0.25) is 0 Å².